The number of rotatable bonds is 9. The number of amides is 1. The second-order valence-electron chi connectivity index (χ2n) is 9.54. The Morgan fingerprint density at radius 1 is 1.05 bits per heavy atom. The Labute approximate surface area is 239 Å². The molecule has 0 spiro atoms. The van der Waals surface area contributed by atoms with E-state index in [-0.39, 0.29) is 5.91 Å². The van der Waals surface area contributed by atoms with Crippen LogP contribution < -0.4 is 15.5 Å². The van der Waals surface area contributed by atoms with E-state index in [1.807, 2.05) is 53.4 Å². The van der Waals surface area contributed by atoms with Gasteiger partial charge in [-0.15, -0.1) is 0 Å². The van der Waals surface area contributed by atoms with Crippen molar-refractivity contribution in [1.29, 1.82) is 0 Å². The van der Waals surface area contributed by atoms with E-state index in [1.165, 1.54) is 24.8 Å². The Morgan fingerprint density at radius 3 is 2.43 bits per heavy atom. The maximum Gasteiger partial charge on any atom is 0.333 e. The van der Waals surface area contributed by atoms with Crippen LogP contribution in [0.1, 0.15) is 12.1 Å². The molecule has 6 rings (SSSR count). The SMILES string of the molecule is C=CC(=O)Nc1ccc(-c2ccc(CNc3nc(N4CCOCC4)nc4c3ncn4-c3cnn(C(F)F)c3)cc2)cc1. The van der Waals surface area contributed by atoms with E-state index in [1.54, 1.807) is 4.57 Å². The molecule has 0 bridgehead atoms. The van der Waals surface area contributed by atoms with Crippen LogP contribution in [0.2, 0.25) is 0 Å². The van der Waals surface area contributed by atoms with Crippen LogP contribution in [0.4, 0.5) is 26.2 Å². The Kier molecular flexibility index (Phi) is 7.56. The Morgan fingerprint density at radius 2 is 1.76 bits per heavy atom. The number of halogens is 2. The van der Waals surface area contributed by atoms with Crippen molar-refractivity contribution in [2.45, 2.75) is 13.1 Å². The van der Waals surface area contributed by atoms with Crippen molar-refractivity contribution in [3.63, 3.8) is 0 Å². The second-order valence-corrected chi connectivity index (χ2v) is 9.54. The molecular weight excluding hydrogens is 544 g/mol. The monoisotopic (exact) mass is 571 g/mol. The largest absolute Gasteiger partial charge is 0.378 e. The number of imidazole rings is 1. The molecule has 1 aliphatic rings. The topological polar surface area (TPSA) is 115 Å². The lowest BCUT2D eigenvalue weighted by Gasteiger charge is -2.27. The normalized spacial score (nSPS) is 13.5. The van der Waals surface area contributed by atoms with E-state index in [2.05, 4.69) is 27.3 Å². The van der Waals surface area contributed by atoms with Crippen molar-refractivity contribution >= 4 is 34.5 Å². The van der Waals surface area contributed by atoms with Gasteiger partial charge in [0.1, 0.15) is 6.33 Å². The molecule has 1 aliphatic heterocycles. The van der Waals surface area contributed by atoms with Crippen LogP contribution in [0.3, 0.4) is 0 Å². The van der Waals surface area contributed by atoms with Crippen LogP contribution in [0, 0.1) is 0 Å². The summed E-state index contributed by atoms with van der Waals surface area (Å²) in [6.45, 7) is 3.56. The van der Waals surface area contributed by atoms with E-state index in [0.29, 0.717) is 71.8 Å². The highest BCUT2D eigenvalue weighted by Gasteiger charge is 2.21. The van der Waals surface area contributed by atoms with E-state index in [9.17, 15) is 13.6 Å². The Bertz CT molecular complexity index is 1710. The molecule has 0 radical (unpaired) electrons. The molecule has 1 amide bonds. The summed E-state index contributed by atoms with van der Waals surface area (Å²) < 4.78 is 34.0. The fourth-order valence-electron chi connectivity index (χ4n) is 4.60. The first-order valence-electron chi connectivity index (χ1n) is 13.3. The molecule has 4 heterocycles. The van der Waals surface area contributed by atoms with Gasteiger partial charge in [-0.3, -0.25) is 9.36 Å². The Balaban J connectivity index is 1.24. The maximum atomic E-state index is 13.2. The molecule has 1 saturated heterocycles. The van der Waals surface area contributed by atoms with E-state index < -0.39 is 6.55 Å². The van der Waals surface area contributed by atoms with E-state index in [4.69, 9.17) is 14.7 Å². The van der Waals surface area contributed by atoms with E-state index in [0.717, 1.165) is 16.7 Å². The van der Waals surface area contributed by atoms with Gasteiger partial charge in [0, 0.05) is 25.3 Å². The highest BCUT2D eigenvalue weighted by atomic mass is 19.3. The minimum absolute atomic E-state index is 0.257. The smallest absolute Gasteiger partial charge is 0.333 e. The number of anilines is 3. The fourth-order valence-corrected chi connectivity index (χ4v) is 4.60. The maximum absolute atomic E-state index is 13.2. The van der Waals surface area contributed by atoms with Crippen molar-refractivity contribution in [3.8, 4) is 16.8 Å². The highest BCUT2D eigenvalue weighted by molar-refractivity contribution is 5.99. The summed E-state index contributed by atoms with van der Waals surface area (Å²) in [5, 5.41) is 9.88. The molecule has 0 aliphatic carbocycles. The zero-order valence-corrected chi connectivity index (χ0v) is 22.5. The zero-order chi connectivity index (χ0) is 29.1. The van der Waals surface area contributed by atoms with Crippen molar-refractivity contribution in [2.75, 3.05) is 41.8 Å². The van der Waals surface area contributed by atoms with Crippen LogP contribution in [-0.2, 0) is 16.1 Å². The van der Waals surface area contributed by atoms with Crippen molar-refractivity contribution < 1.29 is 18.3 Å². The number of morpholine rings is 1. The molecule has 2 aromatic carbocycles. The molecule has 0 atom stereocenters. The van der Waals surface area contributed by atoms with Gasteiger partial charge in [-0.25, -0.2) is 9.67 Å². The summed E-state index contributed by atoms with van der Waals surface area (Å²) in [5.41, 5.74) is 5.17. The molecule has 13 heteroatoms. The van der Waals surface area contributed by atoms with Crippen LogP contribution in [0.25, 0.3) is 28.0 Å². The molecule has 0 saturated carbocycles. The first-order chi connectivity index (χ1) is 20.5. The fraction of sp³-hybridized carbons (Fsp3) is 0.207. The molecule has 3 aromatic heterocycles. The third kappa shape index (κ3) is 5.67. The quantitative estimate of drug-likeness (QED) is 0.246. The minimum atomic E-state index is -2.75. The van der Waals surface area contributed by atoms with Gasteiger partial charge >= 0.3 is 6.55 Å². The summed E-state index contributed by atoms with van der Waals surface area (Å²) in [6.07, 6.45) is 5.36. The van der Waals surface area contributed by atoms with Crippen LogP contribution in [0.15, 0.2) is 79.9 Å². The first-order valence-corrected chi connectivity index (χ1v) is 13.3. The van der Waals surface area contributed by atoms with Crippen LogP contribution >= 0.6 is 0 Å². The summed E-state index contributed by atoms with van der Waals surface area (Å²) in [7, 11) is 0. The predicted molar refractivity (Wildman–Crippen MR) is 155 cm³/mol. The van der Waals surface area contributed by atoms with Crippen molar-refractivity contribution in [3.05, 3.63) is 85.5 Å². The molecule has 1 fully saturated rings. The third-order valence-corrected chi connectivity index (χ3v) is 6.83. The number of aromatic nitrogens is 6. The summed E-state index contributed by atoms with van der Waals surface area (Å²) in [4.78, 5) is 27.6. The number of hydrogen-bond acceptors (Lipinski definition) is 8. The first kappa shape index (κ1) is 27.0. The van der Waals surface area contributed by atoms with Crippen molar-refractivity contribution in [1.82, 2.24) is 29.3 Å². The number of fused-ring (bicyclic) bond motifs is 1. The molecule has 11 nitrogen and oxygen atoms in total. The van der Waals surface area contributed by atoms with Gasteiger partial charge in [0.2, 0.25) is 11.9 Å². The molecule has 0 unspecified atom stereocenters. The number of benzene rings is 2. The average Bonchev–Trinajstić information content (AvgIpc) is 3.69. The van der Waals surface area contributed by atoms with Gasteiger partial charge in [-0.1, -0.05) is 43.0 Å². The van der Waals surface area contributed by atoms with Gasteiger partial charge in [0.25, 0.3) is 0 Å². The Hall–Kier alpha value is -5.17. The van der Waals surface area contributed by atoms with Gasteiger partial charge < -0.3 is 20.3 Å². The van der Waals surface area contributed by atoms with Gasteiger partial charge in [-0.2, -0.15) is 23.8 Å². The third-order valence-electron chi connectivity index (χ3n) is 6.83. The van der Waals surface area contributed by atoms with Crippen LogP contribution in [0.5, 0.6) is 0 Å². The lowest BCUT2D eigenvalue weighted by molar-refractivity contribution is -0.111. The molecule has 42 heavy (non-hydrogen) atoms. The van der Waals surface area contributed by atoms with Gasteiger partial charge in [0.05, 0.1) is 31.3 Å². The second kappa shape index (κ2) is 11.7. The highest BCUT2D eigenvalue weighted by Crippen LogP contribution is 2.27. The molecule has 214 valence electrons. The number of nitrogens with one attached hydrogen (secondary N) is 2. The van der Waals surface area contributed by atoms with E-state index >= 15 is 0 Å². The average molecular weight is 572 g/mol. The van der Waals surface area contributed by atoms with Gasteiger partial charge in [0.15, 0.2) is 17.0 Å². The molecule has 5 aromatic rings. The van der Waals surface area contributed by atoms with Gasteiger partial charge in [-0.05, 0) is 34.9 Å². The number of carbonyl (C=O) groups is 1. The predicted octanol–water partition coefficient (Wildman–Crippen LogP) is 4.65. The number of alkyl halides is 2. The molecular formula is C29H27F2N9O2. The number of ether oxygens (including phenoxy) is 1. The summed E-state index contributed by atoms with van der Waals surface area (Å²) in [5.74, 6) is 0.773. The lowest BCUT2D eigenvalue weighted by atomic mass is 10.0. The van der Waals surface area contributed by atoms with Crippen molar-refractivity contribution in [2.24, 2.45) is 0 Å². The summed E-state index contributed by atoms with van der Waals surface area (Å²) >= 11 is 0. The number of carbonyl (C=O) groups excluding carboxylic acids is 1. The molecule has 2 N–H and O–H groups in total. The van der Waals surface area contributed by atoms with Crippen LogP contribution in [-0.4, -0.2) is 61.5 Å². The summed E-state index contributed by atoms with van der Waals surface area (Å²) in [6, 6.07) is 15.7. The lowest BCUT2D eigenvalue weighted by Crippen LogP contribution is -2.37. The number of nitrogens with zero attached hydrogens (tertiary/aromatic N) is 7. The minimum Gasteiger partial charge on any atom is -0.378 e. The standard InChI is InChI=1S/C29H27F2N9O2/c1-2-24(41)35-22-9-7-21(8-10-22)20-5-3-19(4-6-20)15-32-26-25-27(37-29(36-26)38-11-13-42-14-12-38)39(18-33-25)23-16-34-40(17-23)28(30)31/h2-10,16-18,28H,1,11-15H2,(H,35,41)(H,32,36,37). The number of hydrogen-bond donors (Lipinski definition) is 2. The zero-order valence-electron chi connectivity index (χ0n) is 22.5.